The molecular formula is C28H35N3O3S. The number of aryl methyl sites for hydroxylation is 4. The molecule has 1 aromatic carbocycles. The summed E-state index contributed by atoms with van der Waals surface area (Å²) in [4.78, 5) is 44.9. The first-order valence-corrected chi connectivity index (χ1v) is 13.8. The maximum atomic E-state index is 13.9. The number of hydrogen-bond donors (Lipinski definition) is 0. The Kier molecular flexibility index (Phi) is 6.71. The average molecular weight is 494 g/mol. The number of rotatable bonds is 4. The Hall–Kier alpha value is -2.67. The lowest BCUT2D eigenvalue weighted by atomic mass is 9.94. The lowest BCUT2D eigenvalue weighted by Crippen LogP contribution is -2.44. The lowest BCUT2D eigenvalue weighted by molar-refractivity contribution is -0.133. The van der Waals surface area contributed by atoms with E-state index in [0.29, 0.717) is 15.9 Å². The van der Waals surface area contributed by atoms with E-state index < -0.39 is 5.69 Å². The van der Waals surface area contributed by atoms with E-state index in [4.69, 9.17) is 0 Å². The van der Waals surface area contributed by atoms with E-state index in [-0.39, 0.29) is 24.1 Å². The molecule has 7 heteroatoms. The minimum absolute atomic E-state index is 0.0349. The van der Waals surface area contributed by atoms with Gasteiger partial charge in [0, 0.05) is 18.0 Å². The maximum absolute atomic E-state index is 13.9. The summed E-state index contributed by atoms with van der Waals surface area (Å²) in [5, 5.41) is 0.637. The second-order valence-electron chi connectivity index (χ2n) is 10.3. The molecule has 1 fully saturated rings. The first kappa shape index (κ1) is 24.0. The largest absolute Gasteiger partial charge is 0.341 e. The lowest BCUT2D eigenvalue weighted by Gasteiger charge is -2.31. The van der Waals surface area contributed by atoms with Crippen LogP contribution in [0.25, 0.3) is 15.9 Å². The third kappa shape index (κ3) is 4.39. The average Bonchev–Trinajstić information content (AvgIpc) is 3.06. The van der Waals surface area contributed by atoms with Crippen LogP contribution in [0.2, 0.25) is 0 Å². The second-order valence-corrected chi connectivity index (χ2v) is 11.4. The molecule has 0 aliphatic heterocycles. The highest BCUT2D eigenvalue weighted by Gasteiger charge is 2.27. The minimum atomic E-state index is -0.424. The van der Waals surface area contributed by atoms with Gasteiger partial charge >= 0.3 is 5.69 Å². The zero-order valence-corrected chi connectivity index (χ0v) is 21.9. The summed E-state index contributed by atoms with van der Waals surface area (Å²) in [6.07, 6.45) is 10.6. The highest BCUT2D eigenvalue weighted by Crippen LogP contribution is 2.34. The van der Waals surface area contributed by atoms with Gasteiger partial charge in [-0.3, -0.25) is 14.2 Å². The Bertz CT molecular complexity index is 1390. The number of nitrogens with zero attached hydrogens (tertiary/aromatic N) is 3. The van der Waals surface area contributed by atoms with Gasteiger partial charge in [0.15, 0.2) is 0 Å². The monoisotopic (exact) mass is 493 g/mol. The van der Waals surface area contributed by atoms with Crippen LogP contribution < -0.4 is 11.2 Å². The standard InChI is InChI=1S/C28H35N3O3S/c1-18-14-15-21(16-19(18)2)31-26(33)25-22-12-8-5-9-13-23(22)35-27(25)30(28(31)34)17-24(32)29(3)20-10-6-4-7-11-20/h14-16,20H,4-13,17H2,1-3H3. The van der Waals surface area contributed by atoms with Crippen LogP contribution in [0, 0.1) is 13.8 Å². The van der Waals surface area contributed by atoms with Crippen LogP contribution in [-0.2, 0) is 24.2 Å². The van der Waals surface area contributed by atoms with Gasteiger partial charge in [0.2, 0.25) is 5.91 Å². The van der Waals surface area contributed by atoms with E-state index in [2.05, 4.69) is 0 Å². The molecule has 0 bridgehead atoms. The van der Waals surface area contributed by atoms with Crippen molar-refractivity contribution in [3.05, 3.63) is 60.6 Å². The number of thiophene rings is 1. The molecule has 0 atom stereocenters. The van der Waals surface area contributed by atoms with E-state index >= 15 is 0 Å². The second kappa shape index (κ2) is 9.76. The van der Waals surface area contributed by atoms with Crippen molar-refractivity contribution in [2.24, 2.45) is 0 Å². The fourth-order valence-electron chi connectivity index (χ4n) is 5.70. The number of carbonyl (C=O) groups excluding carboxylic acids is 1. The van der Waals surface area contributed by atoms with Crippen molar-refractivity contribution in [2.45, 2.75) is 90.6 Å². The number of aromatic nitrogens is 2. The fourth-order valence-corrected chi connectivity index (χ4v) is 7.07. The Morgan fingerprint density at radius 3 is 2.46 bits per heavy atom. The number of likely N-dealkylation sites (N-methyl/N-ethyl adjacent to an activating group) is 1. The van der Waals surface area contributed by atoms with Crippen molar-refractivity contribution in [1.82, 2.24) is 14.0 Å². The third-order valence-corrected chi connectivity index (χ3v) is 9.36. The van der Waals surface area contributed by atoms with Crippen molar-refractivity contribution >= 4 is 27.5 Å². The molecule has 2 aliphatic carbocycles. The van der Waals surface area contributed by atoms with Gasteiger partial charge < -0.3 is 4.90 Å². The van der Waals surface area contributed by atoms with Crippen LogP contribution in [0.1, 0.15) is 72.9 Å². The molecule has 0 saturated heterocycles. The minimum Gasteiger partial charge on any atom is -0.341 e. The van der Waals surface area contributed by atoms with Gasteiger partial charge in [-0.25, -0.2) is 9.36 Å². The molecule has 2 heterocycles. The van der Waals surface area contributed by atoms with Crippen molar-refractivity contribution in [1.29, 1.82) is 0 Å². The topological polar surface area (TPSA) is 64.3 Å². The molecule has 6 nitrogen and oxygen atoms in total. The Labute approximate surface area is 210 Å². The van der Waals surface area contributed by atoms with Gasteiger partial charge in [0.05, 0.1) is 11.1 Å². The van der Waals surface area contributed by atoms with Crippen LogP contribution in [0.3, 0.4) is 0 Å². The van der Waals surface area contributed by atoms with Gasteiger partial charge in [0.25, 0.3) is 5.56 Å². The van der Waals surface area contributed by atoms with E-state index in [1.807, 2.05) is 44.0 Å². The summed E-state index contributed by atoms with van der Waals surface area (Å²) in [5.74, 6) is -0.0609. The van der Waals surface area contributed by atoms with Crippen LogP contribution in [-0.4, -0.2) is 33.0 Å². The smallest absolute Gasteiger partial charge is 0.337 e. The molecule has 186 valence electrons. The number of amides is 1. The highest BCUT2D eigenvalue weighted by molar-refractivity contribution is 7.18. The Morgan fingerprint density at radius 1 is 1.00 bits per heavy atom. The normalized spacial score (nSPS) is 16.8. The molecule has 0 N–H and O–H groups in total. The predicted molar refractivity (Wildman–Crippen MR) is 142 cm³/mol. The van der Waals surface area contributed by atoms with Crippen molar-refractivity contribution in [3.8, 4) is 5.69 Å². The molecule has 2 aromatic heterocycles. The molecule has 2 aliphatic rings. The highest BCUT2D eigenvalue weighted by atomic mass is 32.1. The summed E-state index contributed by atoms with van der Waals surface area (Å²) >= 11 is 1.55. The molecule has 35 heavy (non-hydrogen) atoms. The maximum Gasteiger partial charge on any atom is 0.337 e. The summed E-state index contributed by atoms with van der Waals surface area (Å²) in [7, 11) is 1.86. The SMILES string of the molecule is Cc1ccc(-n2c(=O)c3c4c(sc3n(CC(=O)N(C)C3CCCCC3)c2=O)CCCCC4)cc1C. The zero-order valence-electron chi connectivity index (χ0n) is 21.1. The van der Waals surface area contributed by atoms with Crippen LogP contribution in [0.4, 0.5) is 0 Å². The third-order valence-electron chi connectivity index (χ3n) is 8.04. The first-order chi connectivity index (χ1) is 16.9. The van der Waals surface area contributed by atoms with E-state index in [0.717, 1.165) is 74.5 Å². The summed E-state index contributed by atoms with van der Waals surface area (Å²) in [5.41, 5.74) is 3.12. The summed E-state index contributed by atoms with van der Waals surface area (Å²) in [6, 6.07) is 5.91. The molecule has 5 rings (SSSR count). The van der Waals surface area contributed by atoms with Crippen molar-refractivity contribution in [3.63, 3.8) is 0 Å². The van der Waals surface area contributed by atoms with Crippen LogP contribution in [0.15, 0.2) is 27.8 Å². The van der Waals surface area contributed by atoms with E-state index in [9.17, 15) is 14.4 Å². The Morgan fingerprint density at radius 2 is 1.71 bits per heavy atom. The summed E-state index contributed by atoms with van der Waals surface area (Å²) in [6.45, 7) is 3.97. The van der Waals surface area contributed by atoms with Gasteiger partial charge in [-0.1, -0.05) is 31.7 Å². The molecule has 1 amide bonds. The van der Waals surface area contributed by atoms with E-state index in [1.165, 1.54) is 15.9 Å². The number of benzene rings is 1. The zero-order chi connectivity index (χ0) is 24.7. The van der Waals surface area contributed by atoms with Gasteiger partial charge in [-0.2, -0.15) is 0 Å². The number of carbonyl (C=O) groups is 1. The molecule has 0 unspecified atom stereocenters. The quantitative estimate of drug-likeness (QED) is 0.486. The van der Waals surface area contributed by atoms with Crippen LogP contribution in [0.5, 0.6) is 0 Å². The fraction of sp³-hybridized carbons (Fsp3) is 0.536. The van der Waals surface area contributed by atoms with Crippen molar-refractivity contribution in [2.75, 3.05) is 7.05 Å². The number of fused-ring (bicyclic) bond motifs is 3. The predicted octanol–water partition coefficient (Wildman–Crippen LogP) is 4.89. The first-order valence-electron chi connectivity index (χ1n) is 13.0. The molecule has 0 radical (unpaired) electrons. The van der Waals surface area contributed by atoms with Crippen molar-refractivity contribution < 1.29 is 4.79 Å². The summed E-state index contributed by atoms with van der Waals surface area (Å²) < 4.78 is 2.87. The Balaban J connectivity index is 1.68. The molecule has 1 saturated carbocycles. The van der Waals surface area contributed by atoms with Gasteiger partial charge in [0.1, 0.15) is 11.4 Å². The number of hydrogen-bond acceptors (Lipinski definition) is 4. The van der Waals surface area contributed by atoms with Crippen LogP contribution >= 0.6 is 11.3 Å². The molecule has 3 aromatic rings. The molecular weight excluding hydrogens is 458 g/mol. The van der Waals surface area contributed by atoms with Gasteiger partial charge in [-0.05, 0) is 81.2 Å². The molecule has 0 spiro atoms. The van der Waals surface area contributed by atoms with Gasteiger partial charge in [-0.15, -0.1) is 11.3 Å². The van der Waals surface area contributed by atoms with E-state index in [1.54, 1.807) is 15.9 Å².